The van der Waals surface area contributed by atoms with E-state index in [1.807, 2.05) is 18.2 Å². The molecular weight excluding hydrogens is 246 g/mol. The molecule has 0 saturated heterocycles. The quantitative estimate of drug-likeness (QED) is 0.500. The lowest BCUT2D eigenvalue weighted by atomic mass is 10.2. The molecule has 6 nitrogen and oxygen atoms in total. The van der Waals surface area contributed by atoms with Crippen LogP contribution in [0.1, 0.15) is 12.5 Å². The van der Waals surface area contributed by atoms with Gasteiger partial charge >= 0.3 is 5.97 Å². The Morgan fingerprint density at radius 1 is 1.47 bits per heavy atom. The van der Waals surface area contributed by atoms with E-state index in [0.29, 0.717) is 5.90 Å². The molecule has 0 fully saturated rings. The van der Waals surface area contributed by atoms with Gasteiger partial charge in [-0.05, 0) is 19.1 Å². The monoisotopic (exact) mass is 257 g/mol. The molecule has 96 valence electrons. The zero-order chi connectivity index (χ0) is 13.7. The Bertz CT molecular complexity index is 585. The fraction of sp³-hybridized carbons (Fsp3) is 0.154. The van der Waals surface area contributed by atoms with E-state index < -0.39 is 5.97 Å². The minimum Gasteiger partial charge on any atom is -0.462 e. The summed E-state index contributed by atoms with van der Waals surface area (Å²) < 4.78 is 10.1. The van der Waals surface area contributed by atoms with Gasteiger partial charge < -0.3 is 9.47 Å². The van der Waals surface area contributed by atoms with Gasteiger partial charge in [-0.25, -0.2) is 10.2 Å². The van der Waals surface area contributed by atoms with Crippen LogP contribution in [0.3, 0.4) is 0 Å². The van der Waals surface area contributed by atoms with Crippen molar-refractivity contribution >= 4 is 11.9 Å². The maximum atomic E-state index is 11.5. The van der Waals surface area contributed by atoms with E-state index in [1.54, 1.807) is 25.1 Å². The molecule has 1 aromatic carbocycles. The van der Waals surface area contributed by atoms with E-state index in [0.717, 1.165) is 5.56 Å². The molecule has 1 N–H and O–H groups in total. The Morgan fingerprint density at radius 2 is 2.21 bits per heavy atom. The molecule has 1 aliphatic rings. The van der Waals surface area contributed by atoms with Crippen molar-refractivity contribution in [1.82, 2.24) is 5.43 Å². The Labute approximate surface area is 109 Å². The van der Waals surface area contributed by atoms with Gasteiger partial charge in [0, 0.05) is 5.56 Å². The normalized spacial score (nSPS) is 15.7. The van der Waals surface area contributed by atoms with Gasteiger partial charge in [-0.2, -0.15) is 5.26 Å². The lowest BCUT2D eigenvalue weighted by Crippen LogP contribution is -2.14. The number of nitrogens with one attached hydrogen (secondary N) is 1. The third-order valence-electron chi connectivity index (χ3n) is 2.30. The number of hydrogen-bond donors (Lipinski definition) is 1. The Balaban J connectivity index is 2.20. The topological polar surface area (TPSA) is 83.7 Å². The molecule has 6 heteroatoms. The third-order valence-corrected chi connectivity index (χ3v) is 2.30. The maximum Gasteiger partial charge on any atom is 0.354 e. The third kappa shape index (κ3) is 2.72. The first-order valence-corrected chi connectivity index (χ1v) is 5.64. The van der Waals surface area contributed by atoms with Gasteiger partial charge in [0.1, 0.15) is 6.07 Å². The Kier molecular flexibility index (Phi) is 3.78. The number of ether oxygens (including phenoxy) is 2. The van der Waals surface area contributed by atoms with Gasteiger partial charge in [0.15, 0.2) is 5.57 Å². The predicted molar refractivity (Wildman–Crippen MR) is 66.5 cm³/mol. The number of benzene rings is 1. The molecule has 0 saturated carbocycles. The Hall–Kier alpha value is -2.81. The summed E-state index contributed by atoms with van der Waals surface area (Å²) in [4.78, 5) is 11.5. The molecule has 1 aromatic rings. The summed E-state index contributed by atoms with van der Waals surface area (Å²) >= 11 is 0. The van der Waals surface area contributed by atoms with Crippen molar-refractivity contribution in [3.8, 4) is 6.07 Å². The molecule has 0 unspecified atom stereocenters. The van der Waals surface area contributed by atoms with Crippen molar-refractivity contribution in [2.75, 3.05) is 6.61 Å². The van der Waals surface area contributed by atoms with Crippen LogP contribution in [0.5, 0.6) is 0 Å². The van der Waals surface area contributed by atoms with Crippen LogP contribution in [-0.2, 0) is 14.3 Å². The van der Waals surface area contributed by atoms with E-state index in [2.05, 4.69) is 10.5 Å². The fourth-order valence-electron chi connectivity index (χ4n) is 1.45. The molecule has 0 aromatic heterocycles. The maximum absolute atomic E-state index is 11.5. The lowest BCUT2D eigenvalue weighted by Gasteiger charge is -2.04. The standard InChI is InChI=1S/C13H11N3O3/c1-2-18-13(17)10(8-14)12-16-15-11(19-12)9-6-4-3-5-7-9/h3-7,16H,2H2,1H3. The highest BCUT2D eigenvalue weighted by Gasteiger charge is 2.24. The fourth-order valence-corrected chi connectivity index (χ4v) is 1.45. The van der Waals surface area contributed by atoms with Crippen molar-refractivity contribution in [1.29, 1.82) is 5.26 Å². The molecule has 0 amide bonds. The number of hydrazone groups is 1. The summed E-state index contributed by atoms with van der Waals surface area (Å²) in [6.45, 7) is 1.84. The van der Waals surface area contributed by atoms with Crippen LogP contribution in [-0.4, -0.2) is 18.5 Å². The van der Waals surface area contributed by atoms with Crippen molar-refractivity contribution in [3.63, 3.8) is 0 Å². The minimum atomic E-state index is -0.739. The van der Waals surface area contributed by atoms with Crippen molar-refractivity contribution in [2.45, 2.75) is 6.92 Å². The van der Waals surface area contributed by atoms with Crippen LogP contribution in [0, 0.1) is 11.3 Å². The highest BCUT2D eigenvalue weighted by atomic mass is 16.5. The SMILES string of the molecule is CCOC(=O)C(C#N)=C1NN=C(c2ccccc2)O1. The highest BCUT2D eigenvalue weighted by molar-refractivity contribution is 5.98. The Morgan fingerprint density at radius 3 is 2.84 bits per heavy atom. The summed E-state index contributed by atoms with van der Waals surface area (Å²) in [5.74, 6) is -0.454. The number of rotatable bonds is 3. The second-order valence-corrected chi connectivity index (χ2v) is 3.53. The van der Waals surface area contributed by atoms with Crippen molar-refractivity contribution in [2.24, 2.45) is 5.10 Å². The molecule has 0 spiro atoms. The number of nitriles is 1. The van der Waals surface area contributed by atoms with Crippen LogP contribution in [0.25, 0.3) is 0 Å². The molecule has 1 heterocycles. The molecule has 1 aliphatic heterocycles. The molecule has 2 rings (SSSR count). The molecule has 19 heavy (non-hydrogen) atoms. The first-order chi connectivity index (χ1) is 9.26. The van der Waals surface area contributed by atoms with Crippen LogP contribution >= 0.6 is 0 Å². The van der Waals surface area contributed by atoms with Gasteiger partial charge in [0.05, 0.1) is 6.61 Å². The van der Waals surface area contributed by atoms with Crippen LogP contribution in [0.4, 0.5) is 0 Å². The smallest absolute Gasteiger partial charge is 0.354 e. The molecule has 0 aliphatic carbocycles. The first-order valence-electron chi connectivity index (χ1n) is 5.64. The van der Waals surface area contributed by atoms with E-state index in [9.17, 15) is 4.79 Å². The number of carbonyl (C=O) groups is 1. The highest BCUT2D eigenvalue weighted by Crippen LogP contribution is 2.15. The molecule has 0 bridgehead atoms. The zero-order valence-corrected chi connectivity index (χ0v) is 10.2. The number of hydrogen-bond acceptors (Lipinski definition) is 6. The zero-order valence-electron chi connectivity index (χ0n) is 10.2. The van der Waals surface area contributed by atoms with E-state index >= 15 is 0 Å². The summed E-state index contributed by atoms with van der Waals surface area (Å²) in [5.41, 5.74) is 3.02. The van der Waals surface area contributed by atoms with E-state index in [1.165, 1.54) is 0 Å². The molecule has 0 atom stereocenters. The van der Waals surface area contributed by atoms with Gasteiger partial charge in [-0.1, -0.05) is 18.2 Å². The van der Waals surface area contributed by atoms with Gasteiger partial charge in [0.2, 0.25) is 11.8 Å². The number of esters is 1. The second kappa shape index (κ2) is 5.69. The largest absolute Gasteiger partial charge is 0.462 e. The van der Waals surface area contributed by atoms with Crippen molar-refractivity contribution < 1.29 is 14.3 Å². The van der Waals surface area contributed by atoms with Gasteiger partial charge in [-0.3, -0.25) is 0 Å². The molecule has 0 radical (unpaired) electrons. The van der Waals surface area contributed by atoms with E-state index in [-0.39, 0.29) is 18.1 Å². The summed E-state index contributed by atoms with van der Waals surface area (Å²) in [5, 5.41) is 12.9. The van der Waals surface area contributed by atoms with Crippen LogP contribution in [0.2, 0.25) is 0 Å². The minimum absolute atomic E-state index is 0.0141. The predicted octanol–water partition coefficient (Wildman–Crippen LogP) is 1.27. The van der Waals surface area contributed by atoms with Crippen LogP contribution in [0.15, 0.2) is 46.9 Å². The second-order valence-electron chi connectivity index (χ2n) is 3.53. The van der Waals surface area contributed by atoms with Crippen molar-refractivity contribution in [3.05, 3.63) is 47.4 Å². The summed E-state index contributed by atoms with van der Waals surface area (Å²) in [6.07, 6.45) is 0. The van der Waals surface area contributed by atoms with Gasteiger partial charge in [0.25, 0.3) is 0 Å². The first kappa shape index (κ1) is 12.6. The number of nitrogens with zero attached hydrogens (tertiary/aromatic N) is 2. The van der Waals surface area contributed by atoms with E-state index in [4.69, 9.17) is 14.7 Å². The van der Waals surface area contributed by atoms with Crippen LogP contribution < -0.4 is 5.43 Å². The lowest BCUT2D eigenvalue weighted by molar-refractivity contribution is -0.138. The summed E-state index contributed by atoms with van der Waals surface area (Å²) in [6, 6.07) is 10.9. The molecular formula is C13H11N3O3. The summed E-state index contributed by atoms with van der Waals surface area (Å²) in [7, 11) is 0. The number of carbonyl (C=O) groups excluding carboxylic acids is 1. The average Bonchev–Trinajstić information content (AvgIpc) is 2.90. The van der Waals surface area contributed by atoms with Gasteiger partial charge in [-0.15, -0.1) is 5.10 Å². The average molecular weight is 257 g/mol.